The smallest absolute Gasteiger partial charge is 0.344 e. The van der Waals surface area contributed by atoms with Gasteiger partial charge in [0.05, 0.1) is 13.2 Å². The molecule has 0 saturated heterocycles. The SMILES string of the molecule is CCOP(=O)(OCC)[C@@H](CC(C)CO[Si](c1ccccc1)(c1ccccc1)C(C)(C)C)C(=O)OC(C)(C)C. The summed E-state index contributed by atoms with van der Waals surface area (Å²) in [5.74, 6) is -0.691. The van der Waals surface area contributed by atoms with Crippen molar-refractivity contribution < 1.29 is 27.6 Å². The minimum absolute atomic E-state index is 0.122. The number of rotatable bonds is 13. The van der Waals surface area contributed by atoms with Gasteiger partial charge in [-0.05, 0) is 62.4 Å². The Labute approximate surface area is 231 Å². The number of hydrogen-bond acceptors (Lipinski definition) is 6. The van der Waals surface area contributed by atoms with Gasteiger partial charge in [0.25, 0.3) is 8.32 Å². The van der Waals surface area contributed by atoms with E-state index in [1.54, 1.807) is 34.6 Å². The van der Waals surface area contributed by atoms with E-state index < -0.39 is 33.1 Å². The molecular weight excluding hydrogens is 515 g/mol. The molecule has 2 aromatic carbocycles. The highest BCUT2D eigenvalue weighted by Gasteiger charge is 2.51. The first-order valence-corrected chi connectivity index (χ1v) is 17.1. The van der Waals surface area contributed by atoms with Crippen LogP contribution in [0.25, 0.3) is 0 Å². The van der Waals surface area contributed by atoms with E-state index in [1.165, 1.54) is 10.4 Å². The summed E-state index contributed by atoms with van der Waals surface area (Å²) in [6.07, 6.45) is 0.254. The molecule has 212 valence electrons. The highest BCUT2D eigenvalue weighted by atomic mass is 31.2. The maximum Gasteiger partial charge on any atom is 0.344 e. The zero-order chi connectivity index (χ0) is 28.6. The zero-order valence-corrected chi connectivity index (χ0v) is 26.5. The average Bonchev–Trinajstić information content (AvgIpc) is 2.82. The summed E-state index contributed by atoms with van der Waals surface area (Å²) in [4.78, 5) is 13.3. The summed E-state index contributed by atoms with van der Waals surface area (Å²) in [7, 11) is -6.51. The zero-order valence-electron chi connectivity index (χ0n) is 24.7. The second-order valence-corrected chi connectivity index (χ2v) is 18.3. The maximum atomic E-state index is 13.8. The fourth-order valence-corrected chi connectivity index (χ4v) is 11.6. The first-order chi connectivity index (χ1) is 17.7. The van der Waals surface area contributed by atoms with Crippen molar-refractivity contribution in [3.05, 3.63) is 60.7 Å². The third-order valence-corrected chi connectivity index (χ3v) is 13.7. The van der Waals surface area contributed by atoms with Gasteiger partial charge in [0.15, 0.2) is 5.66 Å². The van der Waals surface area contributed by atoms with Crippen LogP contribution < -0.4 is 10.4 Å². The quantitative estimate of drug-likeness (QED) is 0.156. The number of hydrogen-bond donors (Lipinski definition) is 0. The van der Waals surface area contributed by atoms with E-state index in [9.17, 15) is 9.36 Å². The van der Waals surface area contributed by atoms with Crippen molar-refractivity contribution in [1.82, 2.24) is 0 Å². The molecule has 0 aliphatic rings. The summed E-state index contributed by atoms with van der Waals surface area (Å²) in [6, 6.07) is 20.8. The fourth-order valence-electron chi connectivity index (χ4n) is 4.78. The molecule has 2 atom stereocenters. The highest BCUT2D eigenvalue weighted by Crippen LogP contribution is 2.55. The summed E-state index contributed by atoms with van der Waals surface area (Å²) in [5.41, 5.74) is -1.77. The van der Waals surface area contributed by atoms with E-state index >= 15 is 0 Å². The molecule has 0 spiro atoms. The molecule has 0 bridgehead atoms. The lowest BCUT2D eigenvalue weighted by Crippen LogP contribution is -2.66. The molecule has 2 aromatic rings. The minimum Gasteiger partial charge on any atom is -0.459 e. The molecule has 0 heterocycles. The molecule has 0 fully saturated rings. The van der Waals surface area contributed by atoms with Crippen molar-refractivity contribution in [3.8, 4) is 0 Å². The van der Waals surface area contributed by atoms with Crippen molar-refractivity contribution in [2.75, 3.05) is 19.8 Å². The van der Waals surface area contributed by atoms with Gasteiger partial charge in [-0.2, -0.15) is 0 Å². The summed E-state index contributed by atoms with van der Waals surface area (Å²) in [6.45, 7) is 18.3. The lowest BCUT2D eigenvalue weighted by atomic mass is 10.1. The monoisotopic (exact) mass is 562 g/mol. The lowest BCUT2D eigenvalue weighted by molar-refractivity contribution is -0.155. The van der Waals surface area contributed by atoms with Gasteiger partial charge in [0.2, 0.25) is 0 Å². The summed E-state index contributed by atoms with van der Waals surface area (Å²) in [5, 5.41) is 2.19. The minimum atomic E-state index is -3.76. The third kappa shape index (κ3) is 8.12. The summed E-state index contributed by atoms with van der Waals surface area (Å²) < 4.78 is 37.7. The Morgan fingerprint density at radius 2 is 1.29 bits per heavy atom. The van der Waals surface area contributed by atoms with E-state index in [0.717, 1.165) is 0 Å². The second kappa shape index (κ2) is 13.5. The molecule has 0 amide bonds. The maximum absolute atomic E-state index is 13.8. The van der Waals surface area contributed by atoms with Gasteiger partial charge in [-0.3, -0.25) is 9.36 Å². The second-order valence-electron chi connectivity index (χ2n) is 11.7. The van der Waals surface area contributed by atoms with Crippen LogP contribution in [-0.4, -0.2) is 45.4 Å². The predicted molar refractivity (Wildman–Crippen MR) is 158 cm³/mol. The number of ether oxygens (including phenoxy) is 1. The Kier molecular flexibility index (Phi) is 11.6. The van der Waals surface area contributed by atoms with Gasteiger partial charge in [-0.15, -0.1) is 0 Å². The number of benzene rings is 2. The Hall–Kier alpha value is -1.76. The first-order valence-electron chi connectivity index (χ1n) is 13.6. The number of carbonyl (C=O) groups excluding carboxylic acids is 1. The van der Waals surface area contributed by atoms with E-state index in [0.29, 0.717) is 6.61 Å². The molecule has 38 heavy (non-hydrogen) atoms. The van der Waals surface area contributed by atoms with Gasteiger partial charge >= 0.3 is 13.6 Å². The van der Waals surface area contributed by atoms with Crippen LogP contribution in [0.1, 0.15) is 68.7 Å². The van der Waals surface area contributed by atoms with Gasteiger partial charge < -0.3 is 18.2 Å². The highest BCUT2D eigenvalue weighted by molar-refractivity contribution is 7.55. The molecule has 8 heteroatoms. The van der Waals surface area contributed by atoms with Crippen LogP contribution in [0.2, 0.25) is 5.04 Å². The number of carbonyl (C=O) groups is 1. The van der Waals surface area contributed by atoms with Crippen LogP contribution in [0.3, 0.4) is 0 Å². The Morgan fingerprint density at radius 3 is 1.66 bits per heavy atom. The lowest BCUT2D eigenvalue weighted by Gasteiger charge is -2.43. The van der Waals surface area contributed by atoms with Crippen LogP contribution in [0, 0.1) is 5.92 Å². The standard InChI is InChI=1S/C30H47O6PSi/c1-10-33-37(32,34-11-2)27(28(31)36-29(4,5)6)22-24(3)23-35-38(30(7,8)9,25-18-14-12-15-19-25)26-20-16-13-17-21-26/h12-21,24,27H,10-11,22-23H2,1-9H3/t24?,27-/m0/s1. The molecule has 2 rings (SSSR count). The topological polar surface area (TPSA) is 71.1 Å². The average molecular weight is 563 g/mol. The third-order valence-electron chi connectivity index (χ3n) is 6.31. The van der Waals surface area contributed by atoms with Crippen molar-refractivity contribution >= 4 is 32.3 Å². The van der Waals surface area contributed by atoms with Gasteiger partial charge in [-0.1, -0.05) is 88.4 Å². The van der Waals surface area contributed by atoms with Crippen molar-refractivity contribution in [2.24, 2.45) is 5.92 Å². The van der Waals surface area contributed by atoms with Crippen molar-refractivity contribution in [2.45, 2.75) is 85.0 Å². The first kappa shape index (κ1) is 32.4. The Morgan fingerprint density at radius 1 is 0.842 bits per heavy atom. The van der Waals surface area contributed by atoms with Gasteiger partial charge in [0.1, 0.15) is 5.60 Å². The Bertz CT molecular complexity index is 996. The van der Waals surface area contributed by atoms with E-state index in [1.807, 2.05) is 19.1 Å². The molecule has 0 saturated carbocycles. The predicted octanol–water partition coefficient (Wildman–Crippen LogP) is 6.57. The molecule has 0 N–H and O–H groups in total. The van der Waals surface area contributed by atoms with Crippen molar-refractivity contribution in [3.63, 3.8) is 0 Å². The molecule has 0 aliphatic heterocycles. The van der Waals surface area contributed by atoms with E-state index in [-0.39, 0.29) is 30.6 Å². The molecular formula is C30H47O6PSi. The van der Waals surface area contributed by atoms with E-state index in [2.05, 4.69) is 69.3 Å². The molecule has 0 aromatic heterocycles. The van der Waals surface area contributed by atoms with Crippen LogP contribution >= 0.6 is 7.60 Å². The fraction of sp³-hybridized carbons (Fsp3) is 0.567. The summed E-state index contributed by atoms with van der Waals surface area (Å²) >= 11 is 0. The van der Waals surface area contributed by atoms with Crippen LogP contribution in [0.15, 0.2) is 60.7 Å². The van der Waals surface area contributed by atoms with Crippen LogP contribution in [0.5, 0.6) is 0 Å². The van der Waals surface area contributed by atoms with Gasteiger partial charge in [-0.25, -0.2) is 0 Å². The Balaban J connectivity index is 2.45. The normalized spacial score (nSPS) is 14.7. The van der Waals surface area contributed by atoms with Crippen LogP contribution in [-0.2, 0) is 27.6 Å². The van der Waals surface area contributed by atoms with Crippen molar-refractivity contribution in [1.29, 1.82) is 0 Å². The molecule has 6 nitrogen and oxygen atoms in total. The van der Waals surface area contributed by atoms with Gasteiger partial charge in [0, 0.05) is 6.61 Å². The van der Waals surface area contributed by atoms with Crippen LogP contribution in [0.4, 0.5) is 0 Å². The molecule has 1 unspecified atom stereocenters. The number of esters is 1. The largest absolute Gasteiger partial charge is 0.459 e. The molecule has 0 aliphatic carbocycles. The molecule has 0 radical (unpaired) electrons. The van der Waals surface area contributed by atoms with E-state index in [4.69, 9.17) is 18.2 Å².